The molecule has 21 heavy (non-hydrogen) atoms. The topological polar surface area (TPSA) is 20.2 Å². The van der Waals surface area contributed by atoms with Crippen LogP contribution in [0.2, 0.25) is 5.02 Å². The summed E-state index contributed by atoms with van der Waals surface area (Å²) >= 11 is 6.13. The summed E-state index contributed by atoms with van der Waals surface area (Å²) in [7, 11) is 0. The van der Waals surface area contributed by atoms with Crippen LogP contribution in [0.1, 0.15) is 35.1 Å². The van der Waals surface area contributed by atoms with Crippen molar-refractivity contribution in [2.75, 3.05) is 0 Å². The van der Waals surface area contributed by atoms with Gasteiger partial charge >= 0.3 is 0 Å². The quantitative estimate of drug-likeness (QED) is 0.866. The van der Waals surface area contributed by atoms with Crippen LogP contribution in [0.4, 0.5) is 4.39 Å². The van der Waals surface area contributed by atoms with Crippen molar-refractivity contribution in [3.05, 3.63) is 70.0 Å². The fraction of sp³-hybridized carbons (Fsp3) is 0.333. The molecule has 108 valence electrons. The van der Waals surface area contributed by atoms with E-state index in [-0.39, 0.29) is 11.7 Å². The molecule has 4 atom stereocenters. The van der Waals surface area contributed by atoms with Crippen LogP contribution in [-0.4, -0.2) is 5.11 Å². The molecule has 4 rings (SSSR count). The van der Waals surface area contributed by atoms with Crippen LogP contribution in [0.15, 0.2) is 42.5 Å². The molecule has 1 saturated carbocycles. The van der Waals surface area contributed by atoms with Crippen LogP contribution in [0.3, 0.4) is 0 Å². The van der Waals surface area contributed by atoms with Gasteiger partial charge < -0.3 is 5.11 Å². The normalized spacial score (nSPS) is 27.7. The number of fused-ring (bicyclic) bond motifs is 3. The van der Waals surface area contributed by atoms with Gasteiger partial charge in [0.05, 0.1) is 6.10 Å². The molecule has 1 nitrogen and oxygen atoms in total. The Morgan fingerprint density at radius 3 is 2.86 bits per heavy atom. The predicted molar refractivity (Wildman–Crippen MR) is 80.9 cm³/mol. The molecular weight excluding hydrogens is 287 g/mol. The van der Waals surface area contributed by atoms with Crippen molar-refractivity contribution in [1.29, 1.82) is 0 Å². The number of aliphatic hydroxyl groups excluding tert-OH is 1. The van der Waals surface area contributed by atoms with Gasteiger partial charge in [0, 0.05) is 10.6 Å². The Morgan fingerprint density at radius 2 is 2.00 bits per heavy atom. The van der Waals surface area contributed by atoms with Crippen LogP contribution in [-0.2, 0) is 6.42 Å². The summed E-state index contributed by atoms with van der Waals surface area (Å²) in [6.45, 7) is 0. The molecule has 2 aromatic rings. The predicted octanol–water partition coefficient (Wildman–Crippen LogP) is 4.49. The van der Waals surface area contributed by atoms with Gasteiger partial charge in [0.1, 0.15) is 5.82 Å². The Hall–Kier alpha value is -1.38. The summed E-state index contributed by atoms with van der Waals surface area (Å²) in [5.41, 5.74) is 3.26. The number of hydrogen-bond donors (Lipinski definition) is 1. The Morgan fingerprint density at radius 1 is 1.19 bits per heavy atom. The Labute approximate surface area is 128 Å². The van der Waals surface area contributed by atoms with Gasteiger partial charge in [0.2, 0.25) is 0 Å². The van der Waals surface area contributed by atoms with Gasteiger partial charge in [-0.3, -0.25) is 0 Å². The summed E-state index contributed by atoms with van der Waals surface area (Å²) in [5.74, 6) is 0.698. The van der Waals surface area contributed by atoms with Crippen molar-refractivity contribution in [1.82, 2.24) is 0 Å². The van der Waals surface area contributed by atoms with E-state index in [9.17, 15) is 9.50 Å². The zero-order valence-corrected chi connectivity index (χ0v) is 12.2. The van der Waals surface area contributed by atoms with Gasteiger partial charge in [-0.25, -0.2) is 4.39 Å². The van der Waals surface area contributed by atoms with Crippen LogP contribution in [0, 0.1) is 17.7 Å². The average Bonchev–Trinajstić information content (AvgIpc) is 3.24. The van der Waals surface area contributed by atoms with Crippen molar-refractivity contribution in [3.8, 4) is 0 Å². The van der Waals surface area contributed by atoms with Crippen LogP contribution in [0.5, 0.6) is 0 Å². The van der Waals surface area contributed by atoms with E-state index in [0.717, 1.165) is 12.8 Å². The lowest BCUT2D eigenvalue weighted by molar-refractivity contribution is 0.144. The minimum Gasteiger partial charge on any atom is -0.388 e. The van der Waals surface area contributed by atoms with E-state index < -0.39 is 6.10 Å². The number of rotatable bonds is 2. The van der Waals surface area contributed by atoms with E-state index in [1.165, 1.54) is 29.3 Å². The lowest BCUT2D eigenvalue weighted by atomic mass is 9.92. The lowest BCUT2D eigenvalue weighted by Crippen LogP contribution is -2.03. The highest BCUT2D eigenvalue weighted by molar-refractivity contribution is 6.31. The maximum atomic E-state index is 13.4. The second kappa shape index (κ2) is 4.82. The Bertz CT molecular complexity index is 699. The number of aryl methyl sites for hydroxylation is 1. The van der Waals surface area contributed by atoms with Gasteiger partial charge in [0.15, 0.2) is 0 Å². The molecular formula is C18H16ClFO. The first-order valence-electron chi connectivity index (χ1n) is 7.37. The third-order valence-corrected chi connectivity index (χ3v) is 5.38. The fourth-order valence-corrected chi connectivity index (χ4v) is 4.23. The molecule has 0 spiro atoms. The van der Waals surface area contributed by atoms with E-state index in [2.05, 4.69) is 24.3 Å². The standard InChI is InChI=1S/C18H16ClFO/c19-15-8-6-11(20)9-14(15)18(21)17-13-7-5-10-3-1-2-4-12(10)16(13)17/h1-4,6,8-9,13,16-18,21H,5,7H2. The fourth-order valence-electron chi connectivity index (χ4n) is 4.00. The van der Waals surface area contributed by atoms with Gasteiger partial charge in [-0.15, -0.1) is 0 Å². The number of halogens is 2. The van der Waals surface area contributed by atoms with Crippen LogP contribution >= 0.6 is 11.6 Å². The molecule has 1 N–H and O–H groups in total. The molecule has 0 aliphatic heterocycles. The molecule has 2 aromatic carbocycles. The summed E-state index contributed by atoms with van der Waals surface area (Å²) in [6.07, 6.45) is 1.47. The first-order valence-corrected chi connectivity index (χ1v) is 7.75. The van der Waals surface area contributed by atoms with Crippen LogP contribution < -0.4 is 0 Å². The van der Waals surface area contributed by atoms with Crippen molar-refractivity contribution < 1.29 is 9.50 Å². The van der Waals surface area contributed by atoms with Crippen molar-refractivity contribution >= 4 is 11.6 Å². The molecule has 3 heteroatoms. The average molecular weight is 303 g/mol. The largest absolute Gasteiger partial charge is 0.388 e. The number of hydrogen-bond acceptors (Lipinski definition) is 1. The van der Waals surface area contributed by atoms with E-state index in [0.29, 0.717) is 22.4 Å². The highest BCUT2D eigenvalue weighted by Gasteiger charge is 2.56. The number of benzene rings is 2. The maximum absolute atomic E-state index is 13.4. The van der Waals surface area contributed by atoms with Crippen molar-refractivity contribution in [3.63, 3.8) is 0 Å². The van der Waals surface area contributed by atoms with Crippen LogP contribution in [0.25, 0.3) is 0 Å². The zero-order chi connectivity index (χ0) is 14.6. The molecule has 0 aromatic heterocycles. The van der Waals surface area contributed by atoms with Gasteiger partial charge in [0.25, 0.3) is 0 Å². The molecule has 1 fully saturated rings. The highest BCUT2D eigenvalue weighted by atomic mass is 35.5. The molecule has 0 saturated heterocycles. The third kappa shape index (κ3) is 2.09. The summed E-state index contributed by atoms with van der Waals surface area (Å²) in [5, 5.41) is 11.1. The minimum absolute atomic E-state index is 0.160. The van der Waals surface area contributed by atoms with E-state index in [1.54, 1.807) is 0 Å². The molecule has 4 unspecified atom stereocenters. The molecule has 2 aliphatic rings. The minimum atomic E-state index is -0.686. The summed E-state index contributed by atoms with van der Waals surface area (Å²) in [6, 6.07) is 12.7. The molecule has 0 radical (unpaired) electrons. The van der Waals surface area contributed by atoms with Crippen molar-refractivity contribution in [2.45, 2.75) is 24.9 Å². The third-order valence-electron chi connectivity index (χ3n) is 5.03. The first-order chi connectivity index (χ1) is 10.2. The van der Waals surface area contributed by atoms with Gasteiger partial charge in [-0.05, 0) is 59.9 Å². The summed E-state index contributed by atoms with van der Waals surface area (Å²) < 4.78 is 13.4. The zero-order valence-electron chi connectivity index (χ0n) is 11.5. The second-order valence-electron chi connectivity index (χ2n) is 6.12. The Kier molecular flexibility index (Phi) is 3.05. The second-order valence-corrected chi connectivity index (χ2v) is 6.52. The van der Waals surface area contributed by atoms with E-state index >= 15 is 0 Å². The number of aliphatic hydroxyl groups is 1. The molecule has 0 heterocycles. The van der Waals surface area contributed by atoms with Gasteiger partial charge in [-0.2, -0.15) is 0 Å². The maximum Gasteiger partial charge on any atom is 0.123 e. The first kappa shape index (κ1) is 13.3. The molecule has 0 amide bonds. The molecule has 2 aliphatic carbocycles. The Balaban J connectivity index is 1.66. The van der Waals surface area contributed by atoms with Gasteiger partial charge in [-0.1, -0.05) is 35.9 Å². The van der Waals surface area contributed by atoms with Crippen molar-refractivity contribution in [2.24, 2.45) is 11.8 Å². The lowest BCUT2D eigenvalue weighted by Gasteiger charge is -2.14. The SMILES string of the molecule is OC(c1cc(F)ccc1Cl)C1C2CCc3ccccc3C21. The monoisotopic (exact) mass is 302 g/mol. The van der Waals surface area contributed by atoms with E-state index in [4.69, 9.17) is 11.6 Å². The molecule has 0 bridgehead atoms. The smallest absolute Gasteiger partial charge is 0.123 e. The van der Waals surface area contributed by atoms with E-state index in [1.807, 2.05) is 0 Å². The highest BCUT2D eigenvalue weighted by Crippen LogP contribution is 2.64. The summed E-state index contributed by atoms with van der Waals surface area (Å²) in [4.78, 5) is 0.